The van der Waals surface area contributed by atoms with Crippen LogP contribution in [-0.4, -0.2) is 36.3 Å². The van der Waals surface area contributed by atoms with Crippen molar-refractivity contribution in [2.24, 2.45) is 0 Å². The molecule has 0 radical (unpaired) electrons. The van der Waals surface area contributed by atoms with Gasteiger partial charge in [-0.1, -0.05) is 37.3 Å². The minimum absolute atomic E-state index is 0.00864. The molecule has 1 saturated heterocycles. The highest BCUT2D eigenvalue weighted by atomic mass is 35.5. The molecular formula is C17H23ClN2O3. The van der Waals surface area contributed by atoms with E-state index in [2.05, 4.69) is 10.3 Å². The number of aromatic nitrogens is 1. The van der Waals surface area contributed by atoms with Crippen molar-refractivity contribution < 1.29 is 14.3 Å². The summed E-state index contributed by atoms with van der Waals surface area (Å²) in [5, 5.41) is 3.46. The lowest BCUT2D eigenvalue weighted by Gasteiger charge is -2.17. The maximum absolute atomic E-state index is 12.4. The first-order valence-electron chi connectivity index (χ1n) is 8.43. The van der Waals surface area contributed by atoms with E-state index in [1.807, 2.05) is 0 Å². The Hall–Kier alpha value is -1.33. The molecule has 2 fully saturated rings. The van der Waals surface area contributed by atoms with Gasteiger partial charge in [0.2, 0.25) is 5.88 Å². The Bertz CT molecular complexity index is 539. The SMILES string of the molecule is O=C(NC1CCCCCC1)c1cnc(OC2CCOC2)c(Cl)c1. The van der Waals surface area contributed by atoms with Crippen LogP contribution in [0.2, 0.25) is 5.02 Å². The fourth-order valence-corrected chi connectivity index (χ4v) is 3.30. The van der Waals surface area contributed by atoms with Crippen LogP contribution in [0.3, 0.4) is 0 Å². The molecule has 1 saturated carbocycles. The number of nitrogens with one attached hydrogen (secondary N) is 1. The van der Waals surface area contributed by atoms with E-state index in [0.29, 0.717) is 29.7 Å². The summed E-state index contributed by atoms with van der Waals surface area (Å²) >= 11 is 6.21. The van der Waals surface area contributed by atoms with E-state index in [9.17, 15) is 4.79 Å². The number of hydrogen-bond donors (Lipinski definition) is 1. The Morgan fingerprint density at radius 2 is 2.04 bits per heavy atom. The second-order valence-electron chi connectivity index (χ2n) is 6.28. The number of halogens is 1. The van der Waals surface area contributed by atoms with Gasteiger partial charge in [0.25, 0.3) is 5.91 Å². The van der Waals surface area contributed by atoms with Gasteiger partial charge < -0.3 is 14.8 Å². The first-order valence-corrected chi connectivity index (χ1v) is 8.81. The largest absolute Gasteiger partial charge is 0.471 e. The van der Waals surface area contributed by atoms with E-state index in [1.54, 1.807) is 6.07 Å². The predicted octanol–water partition coefficient (Wildman–Crippen LogP) is 3.36. The topological polar surface area (TPSA) is 60.5 Å². The van der Waals surface area contributed by atoms with E-state index in [1.165, 1.54) is 31.9 Å². The van der Waals surface area contributed by atoms with Gasteiger partial charge in [-0.15, -0.1) is 0 Å². The number of amides is 1. The van der Waals surface area contributed by atoms with Crippen molar-refractivity contribution in [1.82, 2.24) is 10.3 Å². The number of hydrogen-bond acceptors (Lipinski definition) is 4. The average Bonchev–Trinajstić information content (AvgIpc) is 2.92. The van der Waals surface area contributed by atoms with E-state index in [4.69, 9.17) is 21.1 Å². The van der Waals surface area contributed by atoms with Gasteiger partial charge in [0, 0.05) is 18.7 Å². The van der Waals surface area contributed by atoms with Crippen LogP contribution >= 0.6 is 11.6 Å². The van der Waals surface area contributed by atoms with E-state index >= 15 is 0 Å². The van der Waals surface area contributed by atoms with Crippen LogP contribution in [-0.2, 0) is 4.74 Å². The highest BCUT2D eigenvalue weighted by Gasteiger charge is 2.21. The number of carbonyl (C=O) groups is 1. The Balaban J connectivity index is 1.60. The maximum Gasteiger partial charge on any atom is 0.253 e. The van der Waals surface area contributed by atoms with Gasteiger partial charge in [0.1, 0.15) is 11.1 Å². The monoisotopic (exact) mass is 338 g/mol. The zero-order valence-electron chi connectivity index (χ0n) is 13.2. The fourth-order valence-electron chi connectivity index (χ4n) is 3.09. The van der Waals surface area contributed by atoms with Crippen molar-refractivity contribution in [2.45, 2.75) is 57.1 Å². The van der Waals surface area contributed by atoms with Gasteiger partial charge in [0.05, 0.1) is 18.8 Å². The van der Waals surface area contributed by atoms with Crippen molar-refractivity contribution in [1.29, 1.82) is 0 Å². The molecule has 2 aliphatic rings. The smallest absolute Gasteiger partial charge is 0.253 e. The van der Waals surface area contributed by atoms with Gasteiger partial charge in [-0.25, -0.2) is 4.98 Å². The second kappa shape index (κ2) is 7.97. The van der Waals surface area contributed by atoms with Crippen molar-refractivity contribution in [2.75, 3.05) is 13.2 Å². The molecule has 1 aromatic rings. The van der Waals surface area contributed by atoms with Crippen LogP contribution in [0.15, 0.2) is 12.3 Å². The van der Waals surface area contributed by atoms with Gasteiger partial charge in [-0.2, -0.15) is 0 Å². The number of rotatable bonds is 4. The average molecular weight is 339 g/mol. The quantitative estimate of drug-likeness (QED) is 0.855. The highest BCUT2D eigenvalue weighted by molar-refractivity contribution is 6.32. The van der Waals surface area contributed by atoms with Gasteiger partial charge in [0.15, 0.2) is 0 Å². The third kappa shape index (κ3) is 4.58. The molecule has 5 nitrogen and oxygen atoms in total. The first kappa shape index (κ1) is 16.5. The molecule has 0 aromatic carbocycles. The van der Waals surface area contributed by atoms with Crippen molar-refractivity contribution >= 4 is 17.5 Å². The lowest BCUT2D eigenvalue weighted by Crippen LogP contribution is -2.34. The van der Waals surface area contributed by atoms with Crippen molar-refractivity contribution in [3.8, 4) is 5.88 Å². The third-order valence-electron chi connectivity index (χ3n) is 4.43. The Labute approximate surface area is 141 Å². The number of nitrogens with zero attached hydrogens (tertiary/aromatic N) is 1. The maximum atomic E-state index is 12.4. The molecule has 1 aliphatic carbocycles. The summed E-state index contributed by atoms with van der Waals surface area (Å²) in [6.07, 6.45) is 9.34. The second-order valence-corrected chi connectivity index (χ2v) is 6.68. The zero-order valence-corrected chi connectivity index (χ0v) is 14.0. The van der Waals surface area contributed by atoms with Crippen LogP contribution < -0.4 is 10.1 Å². The molecule has 1 aromatic heterocycles. The van der Waals surface area contributed by atoms with Crippen LogP contribution in [0.5, 0.6) is 5.88 Å². The van der Waals surface area contributed by atoms with Gasteiger partial charge in [-0.05, 0) is 18.9 Å². The fraction of sp³-hybridized carbons (Fsp3) is 0.647. The summed E-state index contributed by atoms with van der Waals surface area (Å²) in [5.41, 5.74) is 0.481. The summed E-state index contributed by atoms with van der Waals surface area (Å²) in [5.74, 6) is 0.259. The molecule has 3 rings (SSSR count). The summed E-state index contributed by atoms with van der Waals surface area (Å²) in [7, 11) is 0. The third-order valence-corrected chi connectivity index (χ3v) is 4.70. The number of pyridine rings is 1. The lowest BCUT2D eigenvalue weighted by atomic mass is 10.1. The minimum Gasteiger partial charge on any atom is -0.471 e. The Morgan fingerprint density at radius 1 is 1.26 bits per heavy atom. The van der Waals surface area contributed by atoms with Crippen molar-refractivity contribution in [3.63, 3.8) is 0 Å². The normalized spacial score (nSPS) is 22.6. The molecule has 23 heavy (non-hydrogen) atoms. The molecular weight excluding hydrogens is 316 g/mol. The Kier molecular flexibility index (Phi) is 5.73. The molecule has 126 valence electrons. The van der Waals surface area contributed by atoms with Crippen LogP contribution in [0.4, 0.5) is 0 Å². The summed E-state index contributed by atoms with van der Waals surface area (Å²) in [4.78, 5) is 16.6. The lowest BCUT2D eigenvalue weighted by molar-refractivity contribution is 0.0932. The molecule has 1 N–H and O–H groups in total. The predicted molar refractivity (Wildman–Crippen MR) is 88.1 cm³/mol. The first-order chi connectivity index (χ1) is 11.2. The van der Waals surface area contributed by atoms with Crippen LogP contribution in [0.1, 0.15) is 55.3 Å². The van der Waals surface area contributed by atoms with Crippen LogP contribution in [0, 0.1) is 0 Å². The van der Waals surface area contributed by atoms with E-state index in [-0.39, 0.29) is 18.1 Å². The molecule has 1 unspecified atom stereocenters. The van der Waals surface area contributed by atoms with Crippen molar-refractivity contribution in [3.05, 3.63) is 22.8 Å². The molecule has 2 heterocycles. The summed E-state index contributed by atoms with van der Waals surface area (Å²) in [6, 6.07) is 1.89. The van der Waals surface area contributed by atoms with E-state index in [0.717, 1.165) is 19.3 Å². The number of ether oxygens (including phenoxy) is 2. The zero-order chi connectivity index (χ0) is 16.1. The minimum atomic E-state index is -0.109. The standard InChI is InChI=1S/C17H23ClN2O3/c18-15-9-12(10-19-17(15)23-14-7-8-22-11-14)16(21)20-13-5-3-1-2-4-6-13/h9-10,13-14H,1-8,11H2,(H,20,21). The van der Waals surface area contributed by atoms with Gasteiger partial charge >= 0.3 is 0 Å². The van der Waals surface area contributed by atoms with E-state index < -0.39 is 0 Å². The highest BCUT2D eigenvalue weighted by Crippen LogP contribution is 2.25. The molecule has 1 aliphatic heterocycles. The molecule has 0 bridgehead atoms. The summed E-state index contributed by atoms with van der Waals surface area (Å²) < 4.78 is 11.0. The molecule has 1 atom stereocenters. The number of carbonyl (C=O) groups excluding carboxylic acids is 1. The summed E-state index contributed by atoms with van der Waals surface area (Å²) in [6.45, 7) is 1.26. The molecule has 1 amide bonds. The molecule has 0 spiro atoms. The Morgan fingerprint density at radius 3 is 2.70 bits per heavy atom. The molecule has 6 heteroatoms. The van der Waals surface area contributed by atoms with Crippen LogP contribution in [0.25, 0.3) is 0 Å². The van der Waals surface area contributed by atoms with Gasteiger partial charge in [-0.3, -0.25) is 4.79 Å².